The van der Waals surface area contributed by atoms with Crippen molar-refractivity contribution in [3.63, 3.8) is 0 Å². The van der Waals surface area contributed by atoms with Crippen LogP contribution in [-0.4, -0.2) is 27.4 Å². The smallest absolute Gasteiger partial charge is 0.249 e. The van der Waals surface area contributed by atoms with E-state index in [0.29, 0.717) is 5.95 Å². The topological polar surface area (TPSA) is 76.0 Å². The fourth-order valence-corrected chi connectivity index (χ4v) is 1.59. The van der Waals surface area contributed by atoms with E-state index in [-0.39, 0.29) is 17.7 Å². The van der Waals surface area contributed by atoms with E-state index in [0.717, 1.165) is 6.42 Å². The molecule has 6 nitrogen and oxygen atoms in total. The molecule has 0 aromatic carbocycles. The number of amides is 2. The summed E-state index contributed by atoms with van der Waals surface area (Å²) in [4.78, 5) is 27.3. The zero-order chi connectivity index (χ0) is 13.7. The van der Waals surface area contributed by atoms with E-state index in [1.165, 1.54) is 6.92 Å². The highest BCUT2D eigenvalue weighted by Crippen LogP contribution is 2.10. The Labute approximate surface area is 107 Å². The van der Waals surface area contributed by atoms with Gasteiger partial charge in [0.1, 0.15) is 6.04 Å². The molecule has 0 fully saturated rings. The van der Waals surface area contributed by atoms with Crippen LogP contribution in [0.25, 0.3) is 0 Å². The molecule has 2 amide bonds. The van der Waals surface area contributed by atoms with E-state index in [1.807, 2.05) is 13.8 Å². The largest absolute Gasteiger partial charge is 0.344 e. The first-order valence-corrected chi connectivity index (χ1v) is 6.01. The average Bonchev–Trinajstić information content (AvgIpc) is 2.70. The summed E-state index contributed by atoms with van der Waals surface area (Å²) >= 11 is 0. The predicted molar refractivity (Wildman–Crippen MR) is 68.9 cm³/mol. The molecule has 0 saturated carbocycles. The lowest BCUT2D eigenvalue weighted by Crippen LogP contribution is -2.47. The number of anilines is 1. The van der Waals surface area contributed by atoms with Gasteiger partial charge in [-0.2, -0.15) is 0 Å². The van der Waals surface area contributed by atoms with Gasteiger partial charge in [-0.15, -0.1) is 0 Å². The molecule has 0 unspecified atom stereocenters. The van der Waals surface area contributed by atoms with Crippen LogP contribution in [0.4, 0.5) is 5.95 Å². The molecule has 0 bridgehead atoms. The summed E-state index contributed by atoms with van der Waals surface area (Å²) in [7, 11) is 1.79. The van der Waals surface area contributed by atoms with Crippen LogP contribution in [-0.2, 0) is 16.6 Å². The fraction of sp³-hybridized carbons (Fsp3) is 0.583. The highest BCUT2D eigenvalue weighted by molar-refractivity contribution is 5.96. The second-order valence-corrected chi connectivity index (χ2v) is 4.41. The lowest BCUT2D eigenvalue weighted by Gasteiger charge is -2.22. The number of carbonyl (C=O) groups excluding carboxylic acids is 2. The Kier molecular flexibility index (Phi) is 4.88. The first kappa shape index (κ1) is 14.2. The molecule has 6 heteroatoms. The van der Waals surface area contributed by atoms with E-state index in [4.69, 9.17) is 0 Å². The summed E-state index contributed by atoms with van der Waals surface area (Å²) in [6.07, 6.45) is 4.15. The van der Waals surface area contributed by atoms with E-state index in [2.05, 4.69) is 15.6 Å². The molecule has 100 valence electrons. The molecule has 2 atom stereocenters. The molecule has 1 aromatic heterocycles. The Morgan fingerprint density at radius 1 is 1.50 bits per heavy atom. The van der Waals surface area contributed by atoms with Crippen molar-refractivity contribution in [2.45, 2.75) is 33.2 Å². The predicted octanol–water partition coefficient (Wildman–Crippen LogP) is 0.909. The fourth-order valence-electron chi connectivity index (χ4n) is 1.59. The van der Waals surface area contributed by atoms with Crippen molar-refractivity contribution < 1.29 is 9.59 Å². The SMILES string of the molecule is CC[C@H](C)[C@H](NC(C)=O)C(=O)Nc1nccn1C. The molecule has 0 radical (unpaired) electrons. The second kappa shape index (κ2) is 6.18. The first-order chi connectivity index (χ1) is 8.45. The van der Waals surface area contributed by atoms with Crippen LogP contribution >= 0.6 is 0 Å². The maximum Gasteiger partial charge on any atom is 0.249 e. The monoisotopic (exact) mass is 252 g/mol. The number of carbonyl (C=O) groups is 2. The summed E-state index contributed by atoms with van der Waals surface area (Å²) in [6.45, 7) is 5.32. The minimum atomic E-state index is -0.538. The van der Waals surface area contributed by atoms with Crippen molar-refractivity contribution in [2.24, 2.45) is 13.0 Å². The minimum absolute atomic E-state index is 0.0640. The van der Waals surface area contributed by atoms with E-state index in [1.54, 1.807) is 24.0 Å². The molecule has 0 saturated heterocycles. The van der Waals surface area contributed by atoms with E-state index >= 15 is 0 Å². The standard InChI is InChI=1S/C12H20N4O2/c1-5-8(2)10(14-9(3)17)11(18)15-12-13-6-7-16(12)4/h6-8,10H,5H2,1-4H3,(H,14,17)(H,13,15,18)/t8-,10-/m0/s1. The average molecular weight is 252 g/mol. The van der Waals surface area contributed by atoms with Gasteiger partial charge in [-0.3, -0.25) is 14.9 Å². The number of hydrogen-bond acceptors (Lipinski definition) is 3. The van der Waals surface area contributed by atoms with Crippen LogP contribution in [0.2, 0.25) is 0 Å². The summed E-state index contributed by atoms with van der Waals surface area (Å²) in [5, 5.41) is 5.38. The maximum atomic E-state index is 12.1. The molecule has 2 N–H and O–H groups in total. The van der Waals surface area contributed by atoms with Crippen LogP contribution in [0.15, 0.2) is 12.4 Å². The number of hydrogen-bond donors (Lipinski definition) is 2. The Morgan fingerprint density at radius 3 is 2.61 bits per heavy atom. The van der Waals surface area contributed by atoms with Gasteiger partial charge in [0.25, 0.3) is 0 Å². The van der Waals surface area contributed by atoms with Gasteiger partial charge in [0.05, 0.1) is 0 Å². The van der Waals surface area contributed by atoms with Gasteiger partial charge in [-0.1, -0.05) is 20.3 Å². The minimum Gasteiger partial charge on any atom is -0.344 e. The van der Waals surface area contributed by atoms with Gasteiger partial charge in [-0.25, -0.2) is 4.98 Å². The Hall–Kier alpha value is -1.85. The molecular weight excluding hydrogens is 232 g/mol. The molecule has 18 heavy (non-hydrogen) atoms. The van der Waals surface area contributed by atoms with Gasteiger partial charge in [-0.05, 0) is 5.92 Å². The Bertz CT molecular complexity index is 427. The van der Waals surface area contributed by atoms with Gasteiger partial charge >= 0.3 is 0 Å². The summed E-state index contributed by atoms with van der Waals surface area (Å²) in [5.74, 6) is 0.0805. The number of aryl methyl sites for hydroxylation is 1. The zero-order valence-electron chi connectivity index (χ0n) is 11.2. The normalized spacial score (nSPS) is 13.8. The second-order valence-electron chi connectivity index (χ2n) is 4.41. The molecule has 1 heterocycles. The molecule has 1 aromatic rings. The van der Waals surface area contributed by atoms with Crippen LogP contribution in [0.1, 0.15) is 27.2 Å². The molecule has 0 spiro atoms. The van der Waals surface area contributed by atoms with Crippen LogP contribution in [0.3, 0.4) is 0 Å². The summed E-state index contributed by atoms with van der Waals surface area (Å²) < 4.78 is 1.71. The molecule has 1 rings (SSSR count). The van der Waals surface area contributed by atoms with Crippen LogP contribution in [0, 0.1) is 5.92 Å². The highest BCUT2D eigenvalue weighted by Gasteiger charge is 2.25. The molecule has 0 aliphatic heterocycles. The summed E-state index contributed by atoms with van der Waals surface area (Å²) in [6, 6.07) is -0.538. The van der Waals surface area contributed by atoms with Crippen molar-refractivity contribution in [1.82, 2.24) is 14.9 Å². The number of rotatable bonds is 5. The quantitative estimate of drug-likeness (QED) is 0.817. The van der Waals surface area contributed by atoms with Crippen molar-refractivity contribution in [2.75, 3.05) is 5.32 Å². The highest BCUT2D eigenvalue weighted by atomic mass is 16.2. The van der Waals surface area contributed by atoms with Crippen molar-refractivity contribution in [3.05, 3.63) is 12.4 Å². The Balaban J connectivity index is 2.76. The van der Waals surface area contributed by atoms with Gasteiger partial charge < -0.3 is 9.88 Å². The lowest BCUT2D eigenvalue weighted by molar-refractivity contribution is -0.126. The van der Waals surface area contributed by atoms with E-state index < -0.39 is 6.04 Å². The molecule has 0 aliphatic carbocycles. The Morgan fingerprint density at radius 2 is 2.17 bits per heavy atom. The summed E-state index contributed by atoms with van der Waals surface area (Å²) in [5.41, 5.74) is 0. The molecular formula is C12H20N4O2. The maximum absolute atomic E-state index is 12.1. The van der Waals surface area contributed by atoms with Crippen molar-refractivity contribution in [1.29, 1.82) is 0 Å². The van der Waals surface area contributed by atoms with Gasteiger partial charge in [0.15, 0.2) is 0 Å². The van der Waals surface area contributed by atoms with Crippen molar-refractivity contribution >= 4 is 17.8 Å². The molecule has 0 aliphatic rings. The van der Waals surface area contributed by atoms with Crippen molar-refractivity contribution in [3.8, 4) is 0 Å². The van der Waals surface area contributed by atoms with Gasteiger partial charge in [0.2, 0.25) is 17.8 Å². The lowest BCUT2D eigenvalue weighted by atomic mass is 9.98. The van der Waals surface area contributed by atoms with Crippen LogP contribution < -0.4 is 10.6 Å². The first-order valence-electron chi connectivity index (χ1n) is 6.01. The van der Waals surface area contributed by atoms with Crippen LogP contribution in [0.5, 0.6) is 0 Å². The number of aromatic nitrogens is 2. The third-order valence-electron chi connectivity index (χ3n) is 2.91. The number of nitrogens with zero attached hydrogens (tertiary/aromatic N) is 2. The number of imidazole rings is 1. The van der Waals surface area contributed by atoms with E-state index in [9.17, 15) is 9.59 Å². The van der Waals surface area contributed by atoms with Gasteiger partial charge in [0, 0.05) is 26.4 Å². The third kappa shape index (κ3) is 3.58. The number of nitrogens with one attached hydrogen (secondary N) is 2. The zero-order valence-corrected chi connectivity index (χ0v) is 11.2. The third-order valence-corrected chi connectivity index (χ3v) is 2.91.